The van der Waals surface area contributed by atoms with E-state index in [0.717, 1.165) is 23.5 Å². The first-order valence-corrected chi connectivity index (χ1v) is 6.53. The van der Waals surface area contributed by atoms with Gasteiger partial charge in [-0.1, -0.05) is 6.07 Å². The lowest BCUT2D eigenvalue weighted by Gasteiger charge is -1.97. The fourth-order valence-corrected chi connectivity index (χ4v) is 2.90. The summed E-state index contributed by atoms with van der Waals surface area (Å²) in [5.74, 6) is 0.899. The zero-order valence-electron chi connectivity index (χ0n) is 9.47. The average Bonchev–Trinajstić information content (AvgIpc) is 2.99. The van der Waals surface area contributed by atoms with Gasteiger partial charge in [0.1, 0.15) is 0 Å². The maximum atomic E-state index is 11.1. The van der Waals surface area contributed by atoms with E-state index in [1.54, 1.807) is 17.8 Å². The summed E-state index contributed by atoms with van der Waals surface area (Å²) in [6, 6.07) is 5.09. The van der Waals surface area contributed by atoms with Crippen molar-refractivity contribution in [3.63, 3.8) is 0 Å². The lowest BCUT2D eigenvalue weighted by atomic mass is 10.1. The van der Waals surface area contributed by atoms with Crippen LogP contribution in [0.1, 0.15) is 5.56 Å². The highest BCUT2D eigenvalue weighted by molar-refractivity contribution is 8.03. The number of aromatic amines is 1. The quantitative estimate of drug-likeness (QED) is 0.644. The van der Waals surface area contributed by atoms with Gasteiger partial charge in [-0.05, 0) is 12.1 Å². The predicted octanol–water partition coefficient (Wildman–Crippen LogP) is 2.71. The fourth-order valence-electron chi connectivity index (χ4n) is 2.09. The van der Waals surface area contributed by atoms with Gasteiger partial charge in [-0.15, -0.1) is 11.8 Å². The Morgan fingerprint density at radius 3 is 3.06 bits per heavy atom. The molecule has 0 atom stereocenters. The van der Waals surface area contributed by atoms with Crippen LogP contribution in [0.25, 0.3) is 17.0 Å². The number of nitro groups is 1. The molecule has 1 aromatic carbocycles. The van der Waals surface area contributed by atoms with E-state index >= 15 is 0 Å². The van der Waals surface area contributed by atoms with Gasteiger partial charge < -0.3 is 10.3 Å². The van der Waals surface area contributed by atoms with Crippen molar-refractivity contribution in [1.82, 2.24) is 10.3 Å². The Morgan fingerprint density at radius 2 is 2.33 bits per heavy atom. The Balaban J connectivity index is 2.17. The molecule has 1 fully saturated rings. The first-order valence-electron chi connectivity index (χ1n) is 5.54. The summed E-state index contributed by atoms with van der Waals surface area (Å²) in [6.07, 6.45) is 3.83. The minimum Gasteiger partial charge on any atom is -0.360 e. The number of aromatic nitrogens is 1. The Bertz CT molecular complexity index is 640. The molecule has 1 aromatic heterocycles. The van der Waals surface area contributed by atoms with Gasteiger partial charge >= 0.3 is 0 Å². The molecule has 6 heteroatoms. The predicted molar refractivity (Wildman–Crippen MR) is 73.4 cm³/mol. The highest BCUT2D eigenvalue weighted by atomic mass is 32.2. The number of H-pyrrole nitrogens is 1. The van der Waals surface area contributed by atoms with Crippen LogP contribution in [0.5, 0.6) is 0 Å². The van der Waals surface area contributed by atoms with Crippen molar-refractivity contribution in [1.29, 1.82) is 0 Å². The molecule has 0 unspecified atom stereocenters. The summed E-state index contributed by atoms with van der Waals surface area (Å²) in [4.78, 5) is 15.0. The summed E-state index contributed by atoms with van der Waals surface area (Å²) < 4.78 is 0. The number of nitro benzene ring substituents is 1. The summed E-state index contributed by atoms with van der Waals surface area (Å²) in [5.41, 5.74) is 1.83. The lowest BCUT2D eigenvalue weighted by Crippen LogP contribution is -2.04. The van der Waals surface area contributed by atoms with Crippen LogP contribution >= 0.6 is 11.8 Å². The summed E-state index contributed by atoms with van der Waals surface area (Å²) >= 11 is 1.73. The minimum absolute atomic E-state index is 0.150. The van der Waals surface area contributed by atoms with Crippen LogP contribution in [-0.2, 0) is 0 Å². The number of thioether (sulfide) groups is 1. The second-order valence-electron chi connectivity index (χ2n) is 4.03. The summed E-state index contributed by atoms with van der Waals surface area (Å²) in [7, 11) is 0. The zero-order valence-corrected chi connectivity index (χ0v) is 10.3. The van der Waals surface area contributed by atoms with Crippen LogP contribution in [0.15, 0.2) is 29.3 Å². The van der Waals surface area contributed by atoms with E-state index < -0.39 is 0 Å². The second kappa shape index (κ2) is 4.47. The molecule has 0 aliphatic carbocycles. The Kier molecular flexibility index (Phi) is 2.81. The molecule has 1 aliphatic rings. The summed E-state index contributed by atoms with van der Waals surface area (Å²) in [6.45, 7) is 0.831. The Labute approximate surface area is 107 Å². The van der Waals surface area contributed by atoms with Crippen LogP contribution < -0.4 is 5.32 Å². The van der Waals surface area contributed by atoms with Crippen molar-refractivity contribution in [3.05, 3.63) is 45.0 Å². The van der Waals surface area contributed by atoms with Crippen molar-refractivity contribution >= 4 is 34.4 Å². The van der Waals surface area contributed by atoms with Gasteiger partial charge in [0.05, 0.1) is 15.8 Å². The third-order valence-corrected chi connectivity index (χ3v) is 3.87. The Hall–Kier alpha value is -1.79. The monoisotopic (exact) mass is 261 g/mol. The lowest BCUT2D eigenvalue weighted by molar-refractivity contribution is -0.383. The van der Waals surface area contributed by atoms with Crippen LogP contribution in [0, 0.1) is 10.1 Å². The van der Waals surface area contributed by atoms with Gasteiger partial charge in [-0.3, -0.25) is 10.1 Å². The van der Waals surface area contributed by atoms with Crippen molar-refractivity contribution in [3.8, 4) is 0 Å². The van der Waals surface area contributed by atoms with Crippen LogP contribution in [0.2, 0.25) is 0 Å². The van der Waals surface area contributed by atoms with E-state index in [4.69, 9.17) is 0 Å². The molecule has 2 N–H and O–H groups in total. The second-order valence-corrected chi connectivity index (χ2v) is 5.13. The molecule has 0 radical (unpaired) electrons. The standard InChI is InChI=1S/C12H11N3O2S/c16-15(17)11-3-1-2-10-12(11)8(5-14-10)4-9-6-13-7-18-9/h1-5,13-14H,6-7H2. The zero-order chi connectivity index (χ0) is 12.5. The van der Waals surface area contributed by atoms with Gasteiger partial charge in [0.25, 0.3) is 5.69 Å². The van der Waals surface area contributed by atoms with Crippen molar-refractivity contribution < 1.29 is 4.92 Å². The molecule has 0 saturated carbocycles. The Morgan fingerprint density at radius 1 is 1.44 bits per heavy atom. The number of rotatable bonds is 2. The summed E-state index contributed by atoms with van der Waals surface area (Å²) in [5, 5.41) is 15.0. The average molecular weight is 261 g/mol. The fraction of sp³-hybridized carbons (Fsp3) is 0.167. The molecule has 2 aromatic rings. The number of hydrogen-bond acceptors (Lipinski definition) is 4. The SMILES string of the molecule is O=[N+]([O-])c1cccc2[nH]cc(C=C3CNCS3)c12. The van der Waals surface area contributed by atoms with E-state index in [1.165, 1.54) is 11.0 Å². The molecule has 18 heavy (non-hydrogen) atoms. The highest BCUT2D eigenvalue weighted by Gasteiger charge is 2.16. The maximum Gasteiger partial charge on any atom is 0.279 e. The number of nitrogens with zero attached hydrogens (tertiary/aromatic N) is 1. The van der Waals surface area contributed by atoms with Gasteiger partial charge in [-0.25, -0.2) is 0 Å². The first kappa shape index (κ1) is 11.3. The van der Waals surface area contributed by atoms with E-state index in [1.807, 2.05) is 18.3 Å². The molecule has 0 bridgehead atoms. The molecule has 2 heterocycles. The smallest absolute Gasteiger partial charge is 0.279 e. The van der Waals surface area contributed by atoms with Crippen molar-refractivity contribution in [2.45, 2.75) is 0 Å². The largest absolute Gasteiger partial charge is 0.360 e. The van der Waals surface area contributed by atoms with Gasteiger partial charge in [0, 0.05) is 35.2 Å². The third-order valence-electron chi connectivity index (χ3n) is 2.89. The highest BCUT2D eigenvalue weighted by Crippen LogP contribution is 2.31. The molecule has 3 rings (SSSR count). The van der Waals surface area contributed by atoms with Gasteiger partial charge in [0.2, 0.25) is 0 Å². The van der Waals surface area contributed by atoms with Crippen molar-refractivity contribution in [2.75, 3.05) is 12.4 Å². The number of non-ortho nitro benzene ring substituents is 1. The molecular formula is C12H11N3O2S. The van der Waals surface area contributed by atoms with E-state index in [0.29, 0.717) is 5.39 Å². The van der Waals surface area contributed by atoms with Crippen LogP contribution in [-0.4, -0.2) is 22.3 Å². The molecular weight excluding hydrogens is 250 g/mol. The molecule has 5 nitrogen and oxygen atoms in total. The topological polar surface area (TPSA) is 71.0 Å². The number of fused-ring (bicyclic) bond motifs is 1. The van der Waals surface area contributed by atoms with E-state index in [2.05, 4.69) is 10.3 Å². The molecule has 0 spiro atoms. The third kappa shape index (κ3) is 1.89. The van der Waals surface area contributed by atoms with Gasteiger partial charge in [-0.2, -0.15) is 0 Å². The number of nitrogens with one attached hydrogen (secondary N) is 2. The molecule has 1 saturated heterocycles. The first-order chi connectivity index (χ1) is 8.75. The molecule has 92 valence electrons. The number of hydrogen-bond donors (Lipinski definition) is 2. The van der Waals surface area contributed by atoms with Gasteiger partial charge in [0.15, 0.2) is 0 Å². The normalized spacial score (nSPS) is 17.7. The minimum atomic E-state index is -0.335. The van der Waals surface area contributed by atoms with Crippen molar-refractivity contribution in [2.24, 2.45) is 0 Å². The molecule has 0 amide bonds. The number of benzene rings is 1. The maximum absolute atomic E-state index is 11.1. The molecule has 1 aliphatic heterocycles. The van der Waals surface area contributed by atoms with E-state index in [-0.39, 0.29) is 10.6 Å². The van der Waals surface area contributed by atoms with Crippen LogP contribution in [0.3, 0.4) is 0 Å². The van der Waals surface area contributed by atoms with E-state index in [9.17, 15) is 10.1 Å². The van der Waals surface area contributed by atoms with Crippen LogP contribution in [0.4, 0.5) is 5.69 Å².